The molecule has 3 aromatic rings. The summed E-state index contributed by atoms with van der Waals surface area (Å²) in [5, 5.41) is 9.88. The van der Waals surface area contributed by atoms with Crippen LogP contribution in [0.2, 0.25) is 0 Å². The van der Waals surface area contributed by atoms with Gasteiger partial charge in [-0.05, 0) is 24.3 Å². The first-order valence-electron chi connectivity index (χ1n) is 8.51. The summed E-state index contributed by atoms with van der Waals surface area (Å²) >= 11 is 5.21. The molecule has 0 amide bonds. The highest BCUT2D eigenvalue weighted by Crippen LogP contribution is 2.29. The minimum absolute atomic E-state index is 0.802. The number of benzene rings is 2. The lowest BCUT2D eigenvalue weighted by atomic mass is 10.2. The van der Waals surface area contributed by atoms with Crippen LogP contribution in [0, 0.1) is 0 Å². The van der Waals surface area contributed by atoms with Crippen molar-refractivity contribution in [1.82, 2.24) is 19.7 Å². The topological polar surface area (TPSA) is 43.2 Å². The SMILES string of the molecule is Brc1ccc(-c2nnc(SCN3CCOCC3)n2-c2ccccc2)cc1. The number of hydrogen-bond donors (Lipinski definition) is 0. The molecule has 134 valence electrons. The Morgan fingerprint density at radius 2 is 1.69 bits per heavy atom. The van der Waals surface area contributed by atoms with Crippen molar-refractivity contribution in [2.45, 2.75) is 5.16 Å². The average Bonchev–Trinajstić information content (AvgIpc) is 3.12. The quantitative estimate of drug-likeness (QED) is 0.570. The molecule has 0 spiro atoms. The maximum Gasteiger partial charge on any atom is 0.197 e. The largest absolute Gasteiger partial charge is 0.379 e. The predicted octanol–water partition coefficient (Wildman–Crippen LogP) is 4.08. The maximum absolute atomic E-state index is 5.43. The number of halogens is 1. The highest BCUT2D eigenvalue weighted by Gasteiger charge is 2.18. The van der Waals surface area contributed by atoms with Crippen molar-refractivity contribution in [2.24, 2.45) is 0 Å². The molecule has 1 aromatic heterocycles. The van der Waals surface area contributed by atoms with Gasteiger partial charge in [0.05, 0.1) is 19.1 Å². The molecule has 7 heteroatoms. The van der Waals surface area contributed by atoms with E-state index in [1.54, 1.807) is 11.8 Å². The van der Waals surface area contributed by atoms with E-state index in [1.807, 2.05) is 30.3 Å². The Balaban J connectivity index is 1.66. The zero-order valence-electron chi connectivity index (χ0n) is 14.2. The smallest absolute Gasteiger partial charge is 0.197 e. The average molecular weight is 431 g/mol. The molecular weight excluding hydrogens is 412 g/mol. The fraction of sp³-hybridized carbons (Fsp3) is 0.263. The van der Waals surface area contributed by atoms with E-state index in [2.05, 4.69) is 59.9 Å². The molecule has 2 aromatic carbocycles. The molecule has 0 N–H and O–H groups in total. The zero-order valence-corrected chi connectivity index (χ0v) is 16.6. The lowest BCUT2D eigenvalue weighted by Crippen LogP contribution is -2.35. The first-order valence-corrected chi connectivity index (χ1v) is 10.3. The van der Waals surface area contributed by atoms with E-state index in [0.29, 0.717) is 0 Å². The van der Waals surface area contributed by atoms with Gasteiger partial charge < -0.3 is 4.74 Å². The molecule has 5 nitrogen and oxygen atoms in total. The van der Waals surface area contributed by atoms with Crippen molar-refractivity contribution in [2.75, 3.05) is 32.2 Å². The molecule has 0 saturated carbocycles. The highest BCUT2D eigenvalue weighted by atomic mass is 79.9. The van der Waals surface area contributed by atoms with Gasteiger partial charge in [0.15, 0.2) is 11.0 Å². The first-order chi connectivity index (χ1) is 12.8. The third kappa shape index (κ3) is 4.01. The van der Waals surface area contributed by atoms with Gasteiger partial charge in [-0.15, -0.1) is 10.2 Å². The fourth-order valence-corrected chi connectivity index (χ4v) is 4.08. The Kier molecular flexibility index (Phi) is 5.69. The number of morpholine rings is 1. The maximum atomic E-state index is 5.43. The van der Waals surface area contributed by atoms with Gasteiger partial charge in [0.2, 0.25) is 0 Å². The van der Waals surface area contributed by atoms with Crippen LogP contribution in [0.1, 0.15) is 0 Å². The van der Waals surface area contributed by atoms with Crippen molar-refractivity contribution in [3.05, 3.63) is 59.1 Å². The molecule has 0 unspecified atom stereocenters. The van der Waals surface area contributed by atoms with E-state index in [1.165, 1.54) is 0 Å². The summed E-state index contributed by atoms with van der Waals surface area (Å²) in [4.78, 5) is 2.39. The van der Waals surface area contributed by atoms with Crippen molar-refractivity contribution in [1.29, 1.82) is 0 Å². The van der Waals surface area contributed by atoms with Crippen LogP contribution in [-0.2, 0) is 4.74 Å². The number of hydrogen-bond acceptors (Lipinski definition) is 5. The second-order valence-electron chi connectivity index (χ2n) is 5.99. The van der Waals surface area contributed by atoms with Crippen LogP contribution >= 0.6 is 27.7 Å². The summed E-state index contributed by atoms with van der Waals surface area (Å²) in [6.45, 7) is 3.53. The van der Waals surface area contributed by atoms with E-state index < -0.39 is 0 Å². The molecule has 2 heterocycles. The number of ether oxygens (including phenoxy) is 1. The number of rotatable bonds is 5. The summed E-state index contributed by atoms with van der Waals surface area (Å²) < 4.78 is 8.61. The van der Waals surface area contributed by atoms with Gasteiger partial charge in [-0.3, -0.25) is 9.47 Å². The zero-order chi connectivity index (χ0) is 17.8. The van der Waals surface area contributed by atoms with E-state index >= 15 is 0 Å². The van der Waals surface area contributed by atoms with E-state index in [-0.39, 0.29) is 0 Å². The van der Waals surface area contributed by atoms with Crippen LogP contribution in [0.5, 0.6) is 0 Å². The molecule has 1 fully saturated rings. The lowest BCUT2D eigenvalue weighted by molar-refractivity contribution is 0.0473. The van der Waals surface area contributed by atoms with Crippen LogP contribution < -0.4 is 0 Å². The van der Waals surface area contributed by atoms with Crippen molar-refractivity contribution >= 4 is 27.7 Å². The van der Waals surface area contributed by atoms with Gasteiger partial charge in [0.25, 0.3) is 0 Å². The predicted molar refractivity (Wildman–Crippen MR) is 108 cm³/mol. The van der Waals surface area contributed by atoms with Crippen LogP contribution in [0.4, 0.5) is 0 Å². The number of para-hydroxylation sites is 1. The summed E-state index contributed by atoms with van der Waals surface area (Å²) in [5.74, 6) is 1.74. The molecular formula is C19H19BrN4OS. The Morgan fingerprint density at radius 3 is 2.42 bits per heavy atom. The third-order valence-electron chi connectivity index (χ3n) is 4.23. The summed E-state index contributed by atoms with van der Waals surface area (Å²) in [5.41, 5.74) is 2.11. The van der Waals surface area contributed by atoms with Crippen molar-refractivity contribution in [3.8, 4) is 17.1 Å². The molecule has 0 radical (unpaired) electrons. The second-order valence-corrected chi connectivity index (χ2v) is 7.82. The minimum Gasteiger partial charge on any atom is -0.379 e. The normalized spacial score (nSPS) is 15.3. The van der Waals surface area contributed by atoms with E-state index in [4.69, 9.17) is 4.74 Å². The molecule has 1 aliphatic rings. The molecule has 1 aliphatic heterocycles. The van der Waals surface area contributed by atoms with Crippen molar-refractivity contribution in [3.63, 3.8) is 0 Å². The van der Waals surface area contributed by atoms with Crippen molar-refractivity contribution < 1.29 is 4.74 Å². The Hall–Kier alpha value is -1.67. The molecule has 0 aliphatic carbocycles. The van der Waals surface area contributed by atoms with Gasteiger partial charge in [-0.2, -0.15) is 0 Å². The number of thioether (sulfide) groups is 1. The molecule has 26 heavy (non-hydrogen) atoms. The van der Waals surface area contributed by atoms with Gasteiger partial charge >= 0.3 is 0 Å². The van der Waals surface area contributed by atoms with Crippen LogP contribution in [0.15, 0.2) is 64.2 Å². The molecule has 0 bridgehead atoms. The monoisotopic (exact) mass is 430 g/mol. The first kappa shape index (κ1) is 17.7. The molecule has 0 atom stereocenters. The second kappa shape index (κ2) is 8.35. The van der Waals surface area contributed by atoms with Gasteiger partial charge in [0, 0.05) is 28.8 Å². The van der Waals surface area contributed by atoms with Gasteiger partial charge in [-0.1, -0.05) is 58.0 Å². The third-order valence-corrected chi connectivity index (χ3v) is 5.78. The van der Waals surface area contributed by atoms with Crippen LogP contribution in [0.3, 0.4) is 0 Å². The minimum atomic E-state index is 0.802. The van der Waals surface area contributed by atoms with E-state index in [0.717, 1.165) is 58.9 Å². The lowest BCUT2D eigenvalue weighted by Gasteiger charge is -2.25. The standard InChI is InChI=1S/C19H19BrN4OS/c20-16-8-6-15(7-9-16)18-21-22-19(24(18)17-4-2-1-3-5-17)26-14-23-10-12-25-13-11-23/h1-9H,10-14H2. The molecule has 1 saturated heterocycles. The highest BCUT2D eigenvalue weighted by molar-refractivity contribution is 9.10. The number of aromatic nitrogens is 3. The van der Waals surface area contributed by atoms with Crippen LogP contribution in [-0.4, -0.2) is 51.8 Å². The van der Waals surface area contributed by atoms with Gasteiger partial charge in [0.1, 0.15) is 0 Å². The summed E-state index contributed by atoms with van der Waals surface area (Å²) in [7, 11) is 0. The van der Waals surface area contributed by atoms with Crippen LogP contribution in [0.25, 0.3) is 17.1 Å². The molecule has 4 rings (SSSR count). The summed E-state index contributed by atoms with van der Waals surface area (Å²) in [6.07, 6.45) is 0. The Labute approximate surface area is 165 Å². The van der Waals surface area contributed by atoms with E-state index in [9.17, 15) is 0 Å². The fourth-order valence-electron chi connectivity index (χ4n) is 2.84. The Morgan fingerprint density at radius 1 is 0.962 bits per heavy atom. The number of nitrogens with zero attached hydrogens (tertiary/aromatic N) is 4. The Bertz CT molecular complexity index is 848. The summed E-state index contributed by atoms with van der Waals surface area (Å²) in [6, 6.07) is 18.4. The van der Waals surface area contributed by atoms with Gasteiger partial charge in [-0.25, -0.2) is 0 Å².